The topological polar surface area (TPSA) is 12.0 Å². The fourth-order valence-corrected chi connectivity index (χ4v) is 2.27. The molecule has 0 saturated heterocycles. The molecular weight excluding hydrogens is 206 g/mol. The minimum Gasteiger partial charge on any atom is -0.310 e. The highest BCUT2D eigenvalue weighted by Crippen LogP contribution is 2.26. The van der Waals surface area contributed by atoms with Gasteiger partial charge in [-0.2, -0.15) is 0 Å². The largest absolute Gasteiger partial charge is 0.310 e. The van der Waals surface area contributed by atoms with Crippen LogP contribution in [0.15, 0.2) is 18.2 Å². The summed E-state index contributed by atoms with van der Waals surface area (Å²) in [6.07, 6.45) is 2.65. The summed E-state index contributed by atoms with van der Waals surface area (Å²) in [5.74, 6) is 0.912. The lowest BCUT2D eigenvalue weighted by Gasteiger charge is -2.33. The van der Waals surface area contributed by atoms with E-state index in [1.165, 1.54) is 18.4 Å². The first kappa shape index (κ1) is 11.0. The second-order valence-electron chi connectivity index (χ2n) is 4.74. The zero-order chi connectivity index (χ0) is 10.8. The Bertz CT molecular complexity index is 342. The molecule has 0 atom stereocenters. The molecule has 0 aliphatic heterocycles. The summed E-state index contributed by atoms with van der Waals surface area (Å²) in [5.41, 5.74) is 2.49. The Morgan fingerprint density at radius 2 is 2.13 bits per heavy atom. The Labute approximate surface area is 96.8 Å². The highest BCUT2D eigenvalue weighted by atomic mass is 35.5. The number of halogens is 1. The Kier molecular flexibility index (Phi) is 3.32. The molecule has 2 heteroatoms. The van der Waals surface area contributed by atoms with Crippen molar-refractivity contribution in [2.45, 2.75) is 39.3 Å². The molecule has 15 heavy (non-hydrogen) atoms. The van der Waals surface area contributed by atoms with Crippen LogP contribution in [-0.4, -0.2) is 6.04 Å². The Morgan fingerprint density at radius 1 is 1.40 bits per heavy atom. The van der Waals surface area contributed by atoms with E-state index in [4.69, 9.17) is 11.6 Å². The van der Waals surface area contributed by atoms with Crippen LogP contribution in [0.2, 0.25) is 5.02 Å². The van der Waals surface area contributed by atoms with Crippen LogP contribution in [0, 0.1) is 12.8 Å². The van der Waals surface area contributed by atoms with E-state index in [9.17, 15) is 0 Å². The average molecular weight is 224 g/mol. The van der Waals surface area contributed by atoms with Gasteiger partial charge in [-0.05, 0) is 42.9 Å². The highest BCUT2D eigenvalue weighted by Gasteiger charge is 2.24. The predicted molar refractivity (Wildman–Crippen MR) is 65.2 cm³/mol. The number of hydrogen-bond acceptors (Lipinski definition) is 1. The van der Waals surface area contributed by atoms with Crippen molar-refractivity contribution in [3.8, 4) is 0 Å². The van der Waals surface area contributed by atoms with Crippen molar-refractivity contribution >= 4 is 11.6 Å². The number of rotatable bonds is 3. The van der Waals surface area contributed by atoms with Gasteiger partial charge in [0.2, 0.25) is 0 Å². The van der Waals surface area contributed by atoms with Crippen molar-refractivity contribution in [1.82, 2.24) is 5.32 Å². The van der Waals surface area contributed by atoms with Gasteiger partial charge in [-0.25, -0.2) is 0 Å². The van der Waals surface area contributed by atoms with E-state index in [2.05, 4.69) is 31.3 Å². The second kappa shape index (κ2) is 4.54. The SMILES string of the molecule is Cc1cc(CNC2CC(C)C2)ccc1Cl. The van der Waals surface area contributed by atoms with Crippen molar-refractivity contribution < 1.29 is 0 Å². The zero-order valence-electron chi connectivity index (χ0n) is 9.39. The van der Waals surface area contributed by atoms with Gasteiger partial charge in [0, 0.05) is 17.6 Å². The number of benzene rings is 1. The molecule has 1 aromatic carbocycles. The van der Waals surface area contributed by atoms with Crippen molar-refractivity contribution in [3.63, 3.8) is 0 Å². The third kappa shape index (κ3) is 2.73. The van der Waals surface area contributed by atoms with E-state index < -0.39 is 0 Å². The molecule has 1 aromatic rings. The number of nitrogens with one attached hydrogen (secondary N) is 1. The van der Waals surface area contributed by atoms with Crippen LogP contribution in [0.5, 0.6) is 0 Å². The second-order valence-corrected chi connectivity index (χ2v) is 5.15. The maximum absolute atomic E-state index is 5.98. The van der Waals surface area contributed by atoms with Crippen molar-refractivity contribution in [2.75, 3.05) is 0 Å². The Hall–Kier alpha value is -0.530. The molecule has 0 heterocycles. The molecule has 0 unspecified atom stereocenters. The van der Waals surface area contributed by atoms with E-state index >= 15 is 0 Å². The van der Waals surface area contributed by atoms with Gasteiger partial charge in [-0.1, -0.05) is 30.7 Å². The first-order valence-corrected chi connectivity index (χ1v) is 6.01. The minimum absolute atomic E-state index is 0.732. The van der Waals surface area contributed by atoms with E-state index in [1.807, 2.05) is 6.07 Å². The van der Waals surface area contributed by atoms with Crippen LogP contribution in [0.1, 0.15) is 30.9 Å². The molecule has 0 aromatic heterocycles. The standard InChI is InChI=1S/C13H18ClN/c1-9-5-12(6-9)15-8-11-3-4-13(14)10(2)7-11/h3-4,7,9,12,15H,5-6,8H2,1-2H3. The predicted octanol–water partition coefficient (Wildman–Crippen LogP) is 3.54. The Morgan fingerprint density at radius 3 is 2.73 bits per heavy atom. The van der Waals surface area contributed by atoms with Crippen LogP contribution >= 0.6 is 11.6 Å². The number of hydrogen-bond donors (Lipinski definition) is 1. The molecule has 0 spiro atoms. The van der Waals surface area contributed by atoms with Gasteiger partial charge >= 0.3 is 0 Å². The van der Waals surface area contributed by atoms with Crippen LogP contribution in [-0.2, 0) is 6.54 Å². The van der Waals surface area contributed by atoms with Crippen LogP contribution in [0.4, 0.5) is 0 Å². The summed E-state index contributed by atoms with van der Waals surface area (Å²) in [5, 5.41) is 4.43. The lowest BCUT2D eigenvalue weighted by atomic mass is 9.82. The average Bonchev–Trinajstić information content (AvgIpc) is 2.16. The molecule has 1 nitrogen and oxygen atoms in total. The van der Waals surface area contributed by atoms with E-state index in [-0.39, 0.29) is 0 Å². The third-order valence-corrected chi connectivity index (χ3v) is 3.62. The summed E-state index contributed by atoms with van der Waals surface area (Å²) in [7, 11) is 0. The Balaban J connectivity index is 1.86. The molecule has 82 valence electrons. The first-order valence-electron chi connectivity index (χ1n) is 5.63. The fraction of sp³-hybridized carbons (Fsp3) is 0.538. The van der Waals surface area contributed by atoms with Gasteiger partial charge in [-0.15, -0.1) is 0 Å². The van der Waals surface area contributed by atoms with Crippen LogP contribution < -0.4 is 5.32 Å². The van der Waals surface area contributed by atoms with Crippen LogP contribution in [0.3, 0.4) is 0 Å². The maximum Gasteiger partial charge on any atom is 0.0435 e. The molecule has 1 N–H and O–H groups in total. The lowest BCUT2D eigenvalue weighted by Crippen LogP contribution is -2.39. The molecule has 0 amide bonds. The number of aryl methyl sites for hydroxylation is 1. The van der Waals surface area contributed by atoms with Crippen molar-refractivity contribution in [2.24, 2.45) is 5.92 Å². The fourth-order valence-electron chi connectivity index (χ4n) is 2.15. The quantitative estimate of drug-likeness (QED) is 0.827. The lowest BCUT2D eigenvalue weighted by molar-refractivity contribution is 0.240. The van der Waals surface area contributed by atoms with E-state index in [0.717, 1.165) is 29.1 Å². The minimum atomic E-state index is 0.732. The molecule has 0 bridgehead atoms. The van der Waals surface area contributed by atoms with Crippen molar-refractivity contribution in [3.05, 3.63) is 34.3 Å². The molecule has 0 radical (unpaired) electrons. The van der Waals surface area contributed by atoms with E-state index in [1.54, 1.807) is 0 Å². The molecule has 1 aliphatic carbocycles. The van der Waals surface area contributed by atoms with Gasteiger partial charge in [0.1, 0.15) is 0 Å². The first-order chi connectivity index (χ1) is 7.15. The molecule has 2 rings (SSSR count). The molecule has 1 saturated carbocycles. The van der Waals surface area contributed by atoms with Gasteiger partial charge in [-0.3, -0.25) is 0 Å². The monoisotopic (exact) mass is 223 g/mol. The maximum atomic E-state index is 5.98. The zero-order valence-corrected chi connectivity index (χ0v) is 10.1. The summed E-state index contributed by atoms with van der Waals surface area (Å²) in [6.45, 7) is 5.33. The summed E-state index contributed by atoms with van der Waals surface area (Å²) in [4.78, 5) is 0. The molecular formula is C13H18ClN. The normalized spacial score (nSPS) is 25.0. The van der Waals surface area contributed by atoms with Gasteiger partial charge in [0.15, 0.2) is 0 Å². The van der Waals surface area contributed by atoms with Gasteiger partial charge in [0.05, 0.1) is 0 Å². The van der Waals surface area contributed by atoms with Crippen LogP contribution in [0.25, 0.3) is 0 Å². The van der Waals surface area contributed by atoms with Gasteiger partial charge < -0.3 is 5.32 Å². The summed E-state index contributed by atoms with van der Waals surface area (Å²) < 4.78 is 0. The third-order valence-electron chi connectivity index (χ3n) is 3.19. The summed E-state index contributed by atoms with van der Waals surface area (Å²) in [6, 6.07) is 6.98. The molecule has 1 aliphatic rings. The van der Waals surface area contributed by atoms with Crippen molar-refractivity contribution in [1.29, 1.82) is 0 Å². The van der Waals surface area contributed by atoms with E-state index in [0.29, 0.717) is 0 Å². The summed E-state index contributed by atoms with van der Waals surface area (Å²) >= 11 is 5.98. The smallest absolute Gasteiger partial charge is 0.0435 e. The highest BCUT2D eigenvalue weighted by molar-refractivity contribution is 6.31. The molecule has 1 fully saturated rings. The van der Waals surface area contributed by atoms with Gasteiger partial charge in [0.25, 0.3) is 0 Å².